The van der Waals surface area contributed by atoms with Crippen LogP contribution in [0.4, 0.5) is 0 Å². The smallest absolute Gasteiger partial charge is 0.253 e. The fraction of sp³-hybridized carbons (Fsp3) is 0.533. The quantitative estimate of drug-likeness (QED) is 0.612. The molecule has 104 valence electrons. The van der Waals surface area contributed by atoms with Crippen molar-refractivity contribution in [2.75, 3.05) is 25.0 Å². The van der Waals surface area contributed by atoms with Crippen LogP contribution in [0, 0.1) is 0 Å². The van der Waals surface area contributed by atoms with Gasteiger partial charge in [0.2, 0.25) is 0 Å². The van der Waals surface area contributed by atoms with Gasteiger partial charge in [0, 0.05) is 24.0 Å². The van der Waals surface area contributed by atoms with Gasteiger partial charge in [-0.05, 0) is 43.9 Å². The van der Waals surface area contributed by atoms with Crippen molar-refractivity contribution in [3.8, 4) is 5.75 Å². The first-order chi connectivity index (χ1) is 9.31. The number of hydrogen-bond acceptors (Lipinski definition) is 2. The van der Waals surface area contributed by atoms with E-state index in [0.29, 0.717) is 6.61 Å². The molecule has 1 amide bonds. The van der Waals surface area contributed by atoms with Crippen LogP contribution in [0.15, 0.2) is 24.3 Å². The second-order valence-corrected chi connectivity index (χ2v) is 5.56. The number of halogens is 1. The number of carbonyl (C=O) groups excluding carboxylic acids is 1. The third-order valence-corrected chi connectivity index (χ3v) is 3.83. The summed E-state index contributed by atoms with van der Waals surface area (Å²) in [6, 6.07) is 7.52. The van der Waals surface area contributed by atoms with Crippen molar-refractivity contribution in [2.24, 2.45) is 0 Å². The predicted molar refractivity (Wildman–Crippen MR) is 80.1 cm³/mol. The Bertz CT molecular complexity index is 416. The van der Waals surface area contributed by atoms with E-state index in [4.69, 9.17) is 4.74 Å². The molecule has 0 unspecified atom stereocenters. The van der Waals surface area contributed by atoms with Crippen LogP contribution in [-0.2, 0) is 0 Å². The third-order valence-electron chi connectivity index (χ3n) is 3.27. The summed E-state index contributed by atoms with van der Waals surface area (Å²) in [6.07, 6.45) is 4.43. The molecule has 1 fully saturated rings. The second kappa shape index (κ2) is 7.53. The number of rotatable bonds is 5. The Balaban J connectivity index is 1.98. The average Bonchev–Trinajstić information content (AvgIpc) is 2.48. The van der Waals surface area contributed by atoms with E-state index in [1.165, 1.54) is 6.42 Å². The third kappa shape index (κ3) is 4.23. The van der Waals surface area contributed by atoms with Crippen LogP contribution in [0.3, 0.4) is 0 Å². The zero-order valence-corrected chi connectivity index (χ0v) is 12.7. The van der Waals surface area contributed by atoms with Gasteiger partial charge in [0.1, 0.15) is 5.75 Å². The van der Waals surface area contributed by atoms with Crippen molar-refractivity contribution in [1.29, 1.82) is 0 Å². The van der Waals surface area contributed by atoms with Gasteiger partial charge in [-0.3, -0.25) is 4.79 Å². The Morgan fingerprint density at radius 3 is 2.79 bits per heavy atom. The van der Waals surface area contributed by atoms with Gasteiger partial charge in [-0.25, -0.2) is 0 Å². The zero-order chi connectivity index (χ0) is 13.5. The minimum atomic E-state index is 0.130. The van der Waals surface area contributed by atoms with Crippen molar-refractivity contribution in [1.82, 2.24) is 4.90 Å². The van der Waals surface area contributed by atoms with Crippen molar-refractivity contribution in [2.45, 2.75) is 25.7 Å². The largest absolute Gasteiger partial charge is 0.494 e. The normalized spacial score (nSPS) is 15.3. The maximum absolute atomic E-state index is 12.3. The second-order valence-electron chi connectivity index (χ2n) is 4.77. The van der Waals surface area contributed by atoms with Crippen LogP contribution in [0.2, 0.25) is 0 Å². The average molecular weight is 326 g/mol. The number of ether oxygens (including phenoxy) is 1. The number of piperidine rings is 1. The molecule has 1 heterocycles. The molecule has 0 saturated carbocycles. The molecule has 1 aromatic carbocycles. The SMILES string of the molecule is O=C(c1cccc(OCCCBr)c1)N1CCCCC1. The van der Waals surface area contributed by atoms with E-state index in [2.05, 4.69) is 15.9 Å². The highest BCUT2D eigenvalue weighted by Gasteiger charge is 2.18. The molecule has 1 aliphatic heterocycles. The number of nitrogens with zero attached hydrogens (tertiary/aromatic N) is 1. The zero-order valence-electron chi connectivity index (χ0n) is 11.1. The van der Waals surface area contributed by atoms with Crippen LogP contribution in [0.25, 0.3) is 0 Å². The minimum Gasteiger partial charge on any atom is -0.494 e. The molecule has 0 N–H and O–H groups in total. The summed E-state index contributed by atoms with van der Waals surface area (Å²) in [5, 5.41) is 0.930. The summed E-state index contributed by atoms with van der Waals surface area (Å²) in [6.45, 7) is 2.44. The summed E-state index contributed by atoms with van der Waals surface area (Å²) >= 11 is 3.37. The summed E-state index contributed by atoms with van der Waals surface area (Å²) in [7, 11) is 0. The molecule has 19 heavy (non-hydrogen) atoms. The van der Waals surface area contributed by atoms with Crippen molar-refractivity contribution < 1.29 is 9.53 Å². The molecule has 1 aromatic rings. The van der Waals surface area contributed by atoms with Gasteiger partial charge >= 0.3 is 0 Å². The first kappa shape index (κ1) is 14.4. The van der Waals surface area contributed by atoms with Crippen LogP contribution in [0.1, 0.15) is 36.0 Å². The Hall–Kier alpha value is -1.03. The fourth-order valence-electron chi connectivity index (χ4n) is 2.24. The van der Waals surface area contributed by atoms with E-state index in [9.17, 15) is 4.79 Å². The van der Waals surface area contributed by atoms with E-state index in [0.717, 1.165) is 49.0 Å². The van der Waals surface area contributed by atoms with Crippen molar-refractivity contribution in [3.05, 3.63) is 29.8 Å². The Morgan fingerprint density at radius 1 is 1.26 bits per heavy atom. The number of hydrogen-bond donors (Lipinski definition) is 0. The topological polar surface area (TPSA) is 29.5 Å². The standard InChI is InChI=1S/C15H20BrNO2/c16-8-5-11-19-14-7-4-6-13(12-14)15(18)17-9-2-1-3-10-17/h4,6-7,12H,1-3,5,8-11H2. The maximum atomic E-state index is 12.3. The van der Waals surface area contributed by atoms with Crippen molar-refractivity contribution in [3.63, 3.8) is 0 Å². The first-order valence-electron chi connectivity index (χ1n) is 6.89. The summed E-state index contributed by atoms with van der Waals surface area (Å²) < 4.78 is 5.62. The van der Waals surface area contributed by atoms with Crippen LogP contribution >= 0.6 is 15.9 Å². The molecule has 0 spiro atoms. The van der Waals surface area contributed by atoms with E-state index in [1.807, 2.05) is 29.2 Å². The molecule has 4 heteroatoms. The van der Waals surface area contributed by atoms with E-state index in [-0.39, 0.29) is 5.91 Å². The number of benzene rings is 1. The molecule has 0 atom stereocenters. The van der Waals surface area contributed by atoms with Gasteiger partial charge in [-0.15, -0.1) is 0 Å². The van der Waals surface area contributed by atoms with E-state index >= 15 is 0 Å². The van der Waals surface area contributed by atoms with Gasteiger partial charge in [0.25, 0.3) is 5.91 Å². The Morgan fingerprint density at radius 2 is 2.05 bits per heavy atom. The lowest BCUT2D eigenvalue weighted by Gasteiger charge is -2.26. The molecule has 0 aliphatic carbocycles. The lowest BCUT2D eigenvalue weighted by Crippen LogP contribution is -2.35. The Kier molecular flexibility index (Phi) is 5.70. The highest BCUT2D eigenvalue weighted by atomic mass is 79.9. The molecule has 1 aliphatic rings. The summed E-state index contributed by atoms with van der Waals surface area (Å²) in [5.41, 5.74) is 0.734. The maximum Gasteiger partial charge on any atom is 0.253 e. The fourth-order valence-corrected chi connectivity index (χ4v) is 2.47. The predicted octanol–water partition coefficient (Wildman–Crippen LogP) is 3.48. The summed E-state index contributed by atoms with van der Waals surface area (Å²) in [4.78, 5) is 14.3. The van der Waals surface area contributed by atoms with Gasteiger partial charge in [0.05, 0.1) is 6.61 Å². The van der Waals surface area contributed by atoms with Crippen LogP contribution < -0.4 is 4.74 Å². The Labute approximate surface area is 123 Å². The van der Waals surface area contributed by atoms with E-state index in [1.54, 1.807) is 0 Å². The van der Waals surface area contributed by atoms with Crippen LogP contribution in [0.5, 0.6) is 5.75 Å². The lowest BCUT2D eigenvalue weighted by atomic mass is 10.1. The minimum absolute atomic E-state index is 0.130. The van der Waals surface area contributed by atoms with Gasteiger partial charge in [0.15, 0.2) is 0 Å². The number of alkyl halides is 1. The molecular formula is C15H20BrNO2. The molecule has 2 rings (SSSR count). The molecule has 1 saturated heterocycles. The first-order valence-corrected chi connectivity index (χ1v) is 8.01. The molecule has 0 radical (unpaired) electrons. The number of amides is 1. The highest BCUT2D eigenvalue weighted by molar-refractivity contribution is 9.09. The molecular weight excluding hydrogens is 306 g/mol. The summed E-state index contributed by atoms with van der Waals surface area (Å²) in [5.74, 6) is 0.912. The molecule has 0 aromatic heterocycles. The van der Waals surface area contributed by atoms with Gasteiger partial charge in [-0.2, -0.15) is 0 Å². The van der Waals surface area contributed by atoms with Crippen molar-refractivity contribution >= 4 is 21.8 Å². The molecule has 0 bridgehead atoms. The monoisotopic (exact) mass is 325 g/mol. The molecule has 3 nitrogen and oxygen atoms in total. The lowest BCUT2D eigenvalue weighted by molar-refractivity contribution is 0.0724. The van der Waals surface area contributed by atoms with Gasteiger partial charge < -0.3 is 9.64 Å². The van der Waals surface area contributed by atoms with Crippen LogP contribution in [-0.4, -0.2) is 35.8 Å². The number of likely N-dealkylation sites (tertiary alicyclic amines) is 1. The number of carbonyl (C=O) groups is 1. The van der Waals surface area contributed by atoms with Gasteiger partial charge in [-0.1, -0.05) is 22.0 Å². The van der Waals surface area contributed by atoms with E-state index < -0.39 is 0 Å². The highest BCUT2D eigenvalue weighted by Crippen LogP contribution is 2.18.